The molecule has 0 fully saturated rings. The van der Waals surface area contributed by atoms with Gasteiger partial charge in [0.05, 0.1) is 35.9 Å². The number of Topliss-reactive ketones (excluding diaryl/α,β-unsaturated/α-hetero) is 1. The summed E-state index contributed by atoms with van der Waals surface area (Å²) in [4.78, 5) is 31.7. The molecule has 1 amide bonds. The lowest BCUT2D eigenvalue weighted by Gasteiger charge is -2.27. The first-order valence-electron chi connectivity index (χ1n) is 17.3. The van der Waals surface area contributed by atoms with Crippen LogP contribution in [0.2, 0.25) is 0 Å². The van der Waals surface area contributed by atoms with Crippen LogP contribution in [0.1, 0.15) is 75.8 Å². The number of aromatic hydroxyl groups is 1. The number of pyridine rings is 1. The van der Waals surface area contributed by atoms with E-state index in [2.05, 4.69) is 15.6 Å². The van der Waals surface area contributed by atoms with Crippen LogP contribution in [-0.4, -0.2) is 69.0 Å². The number of nitrogens with one attached hydrogen (secondary N) is 2. The lowest BCUT2D eigenvalue weighted by molar-refractivity contribution is -0.127. The highest BCUT2D eigenvalue weighted by Gasteiger charge is 2.47. The Bertz CT molecular complexity index is 2120. The van der Waals surface area contributed by atoms with E-state index in [9.17, 15) is 23.1 Å². The van der Waals surface area contributed by atoms with Gasteiger partial charge in [0.25, 0.3) is 5.91 Å². The number of carbonyl (C=O) groups excluding carboxylic acids is 2. The maximum atomic E-state index is 14.1. The molecule has 4 unspecified atom stereocenters. The Hall–Kier alpha value is -4.88. The van der Waals surface area contributed by atoms with E-state index in [1.807, 2.05) is 39.0 Å². The van der Waals surface area contributed by atoms with E-state index < -0.39 is 40.0 Å². The number of para-hydroxylation sites is 2. The molecular formula is C40H43N3O8S. The van der Waals surface area contributed by atoms with Gasteiger partial charge in [0.2, 0.25) is 0 Å². The number of hydrogen-bond donors (Lipinski definition) is 3. The Morgan fingerprint density at radius 2 is 1.71 bits per heavy atom. The number of methoxy groups -OCH3 is 1. The van der Waals surface area contributed by atoms with Crippen LogP contribution in [-0.2, 0) is 29.9 Å². The molecule has 1 aliphatic heterocycles. The van der Waals surface area contributed by atoms with Gasteiger partial charge in [-0.3, -0.25) is 19.9 Å². The van der Waals surface area contributed by atoms with Crippen molar-refractivity contribution in [2.75, 3.05) is 32.6 Å². The number of aromatic nitrogens is 1. The Morgan fingerprint density at radius 3 is 2.44 bits per heavy atom. The number of aryl methyl sites for hydroxylation is 1. The predicted octanol–water partition coefficient (Wildman–Crippen LogP) is 5.35. The second-order valence-electron chi connectivity index (χ2n) is 12.8. The number of carbonyl (C=O) groups is 2. The summed E-state index contributed by atoms with van der Waals surface area (Å²) >= 11 is 0. The molecule has 0 saturated heterocycles. The van der Waals surface area contributed by atoms with E-state index in [0.29, 0.717) is 52.5 Å². The van der Waals surface area contributed by atoms with E-state index in [4.69, 9.17) is 14.2 Å². The number of amides is 1. The molecule has 4 atom stereocenters. The lowest BCUT2D eigenvalue weighted by Crippen LogP contribution is -2.32. The maximum Gasteiger partial charge on any atom is 0.255 e. The van der Waals surface area contributed by atoms with Gasteiger partial charge in [-0.25, -0.2) is 8.42 Å². The van der Waals surface area contributed by atoms with Crippen LogP contribution in [0.15, 0.2) is 90.6 Å². The Labute approximate surface area is 304 Å². The van der Waals surface area contributed by atoms with E-state index in [0.717, 1.165) is 11.1 Å². The van der Waals surface area contributed by atoms with Crippen molar-refractivity contribution in [2.24, 2.45) is 0 Å². The van der Waals surface area contributed by atoms with E-state index in [1.165, 1.54) is 19.2 Å². The number of phenols is 1. The van der Waals surface area contributed by atoms with Gasteiger partial charge in [-0.1, -0.05) is 54.6 Å². The van der Waals surface area contributed by atoms with Crippen molar-refractivity contribution < 1.29 is 37.3 Å². The average molecular weight is 726 g/mol. The van der Waals surface area contributed by atoms with Crippen LogP contribution < -0.4 is 15.4 Å². The van der Waals surface area contributed by atoms with Crippen molar-refractivity contribution in [3.8, 4) is 11.5 Å². The maximum absolute atomic E-state index is 14.1. The highest BCUT2D eigenvalue weighted by Crippen LogP contribution is 2.47. The van der Waals surface area contributed by atoms with Gasteiger partial charge in [-0.05, 0) is 67.3 Å². The predicted molar refractivity (Wildman–Crippen MR) is 197 cm³/mol. The molecule has 0 saturated carbocycles. The average Bonchev–Trinajstić information content (AvgIpc) is 3.51. The molecular weight excluding hydrogens is 683 g/mol. The number of sulfone groups is 1. The second-order valence-corrected chi connectivity index (χ2v) is 14.9. The Balaban J connectivity index is 1.26. The molecule has 0 radical (unpaired) electrons. The highest BCUT2D eigenvalue weighted by atomic mass is 32.2. The van der Waals surface area contributed by atoms with Crippen molar-refractivity contribution in [1.29, 1.82) is 0 Å². The third-order valence-electron chi connectivity index (χ3n) is 9.43. The smallest absolute Gasteiger partial charge is 0.255 e. The number of phenolic OH excluding ortho intramolecular Hbond substituents is 1. The summed E-state index contributed by atoms with van der Waals surface area (Å²) in [6, 6.07) is 21.9. The minimum absolute atomic E-state index is 0.00865. The number of ether oxygens (including phenoxy) is 3. The fraction of sp³-hybridized carbons (Fsp3) is 0.325. The zero-order valence-electron chi connectivity index (χ0n) is 29.6. The Morgan fingerprint density at radius 1 is 0.962 bits per heavy atom. The van der Waals surface area contributed by atoms with Crippen LogP contribution in [0.4, 0.5) is 0 Å². The number of rotatable bonds is 14. The van der Waals surface area contributed by atoms with Gasteiger partial charge < -0.3 is 24.6 Å². The summed E-state index contributed by atoms with van der Waals surface area (Å²) < 4.78 is 45.3. The van der Waals surface area contributed by atoms with Crippen molar-refractivity contribution in [3.05, 3.63) is 130 Å². The number of nitrogens with zero attached hydrogens (tertiary/aromatic N) is 1. The Kier molecular flexibility index (Phi) is 11.2. The van der Waals surface area contributed by atoms with Gasteiger partial charge in [0.1, 0.15) is 23.8 Å². The van der Waals surface area contributed by atoms with E-state index >= 15 is 0 Å². The molecule has 0 spiro atoms. The van der Waals surface area contributed by atoms with Crippen LogP contribution in [0.5, 0.6) is 11.5 Å². The molecule has 12 heteroatoms. The molecule has 3 N–H and O–H groups in total. The standard InChI is InChI=1S/C40H43N3O8S/c1-5-50-38-30-14-11-19-41-35(30)34-33(37(38)45)36(43-40(34)51-6-2)27-18-17-25(20-24(27)3)22-52(47,48)23-26(28-12-8-10-16-32(28)49-4)21-42-39(46)29-13-7-9-15-31(29)44/h7-20,26,36,38,40,43-44H,5-6,21-23H2,1-4H3,(H,42,46). The zero-order chi connectivity index (χ0) is 37.0. The normalized spacial score (nSPS) is 18.8. The number of benzene rings is 3. The van der Waals surface area contributed by atoms with Gasteiger partial charge >= 0.3 is 0 Å². The van der Waals surface area contributed by atoms with Crippen molar-refractivity contribution in [3.63, 3.8) is 0 Å². The van der Waals surface area contributed by atoms with Crippen molar-refractivity contribution >= 4 is 27.1 Å². The van der Waals surface area contributed by atoms with Gasteiger partial charge in [-0.2, -0.15) is 0 Å². The molecule has 1 aliphatic carbocycles. The molecule has 0 bridgehead atoms. The SMILES string of the molecule is CCOC1NC(c2ccc(CS(=O)(=O)CC(CNC(=O)c3ccccc3O)c3ccccc3OC)cc2C)C2=C1c1ncccc1C(OCC)C2=O. The molecule has 272 valence electrons. The quantitative estimate of drug-likeness (QED) is 0.155. The fourth-order valence-electron chi connectivity index (χ4n) is 7.16. The van der Waals surface area contributed by atoms with Gasteiger partial charge in [0.15, 0.2) is 15.6 Å². The molecule has 3 aromatic carbocycles. The van der Waals surface area contributed by atoms with E-state index in [1.54, 1.807) is 54.7 Å². The summed E-state index contributed by atoms with van der Waals surface area (Å²) in [6.45, 7) is 6.39. The second kappa shape index (κ2) is 15.8. The lowest BCUT2D eigenvalue weighted by atomic mass is 9.82. The topological polar surface area (TPSA) is 153 Å². The molecule has 11 nitrogen and oxygen atoms in total. The van der Waals surface area contributed by atoms with Crippen molar-refractivity contribution in [2.45, 2.75) is 50.8 Å². The first kappa shape index (κ1) is 36.9. The molecule has 52 heavy (non-hydrogen) atoms. The van der Waals surface area contributed by atoms with Crippen LogP contribution in [0.25, 0.3) is 5.57 Å². The third-order valence-corrected chi connectivity index (χ3v) is 11.1. The summed E-state index contributed by atoms with van der Waals surface area (Å²) in [5.74, 6) is -1.50. The molecule has 1 aromatic heterocycles. The van der Waals surface area contributed by atoms with Gasteiger partial charge in [-0.15, -0.1) is 0 Å². The highest BCUT2D eigenvalue weighted by molar-refractivity contribution is 7.90. The first-order valence-corrected chi connectivity index (χ1v) is 19.1. The summed E-state index contributed by atoms with van der Waals surface area (Å²) in [6.07, 6.45) is 0.337. The van der Waals surface area contributed by atoms with Gasteiger partial charge in [0, 0.05) is 48.6 Å². The zero-order valence-corrected chi connectivity index (χ0v) is 30.4. The molecule has 2 heterocycles. The number of ketones is 1. The molecule has 4 aromatic rings. The summed E-state index contributed by atoms with van der Waals surface area (Å²) in [7, 11) is -2.24. The minimum atomic E-state index is -3.75. The summed E-state index contributed by atoms with van der Waals surface area (Å²) in [5.41, 5.74) is 5.56. The third kappa shape index (κ3) is 7.51. The monoisotopic (exact) mass is 725 g/mol. The minimum Gasteiger partial charge on any atom is -0.507 e. The van der Waals surface area contributed by atoms with Crippen LogP contribution in [0, 0.1) is 6.92 Å². The number of hydrogen-bond acceptors (Lipinski definition) is 10. The first-order chi connectivity index (χ1) is 25.1. The molecule has 6 rings (SSSR count). The molecule has 2 aliphatic rings. The van der Waals surface area contributed by atoms with Crippen LogP contribution in [0.3, 0.4) is 0 Å². The van der Waals surface area contributed by atoms with E-state index in [-0.39, 0.29) is 35.1 Å². The fourth-order valence-corrected chi connectivity index (χ4v) is 8.88. The summed E-state index contributed by atoms with van der Waals surface area (Å²) in [5, 5.41) is 16.5. The van der Waals surface area contributed by atoms with Crippen molar-refractivity contribution in [1.82, 2.24) is 15.6 Å². The number of fused-ring (bicyclic) bond motifs is 2. The largest absolute Gasteiger partial charge is 0.507 e. The van der Waals surface area contributed by atoms with Crippen LogP contribution >= 0.6 is 0 Å².